The van der Waals surface area contributed by atoms with Crippen molar-refractivity contribution in [3.63, 3.8) is 0 Å². The van der Waals surface area contributed by atoms with Crippen LogP contribution in [0.3, 0.4) is 0 Å². The first-order valence-corrected chi connectivity index (χ1v) is 6.82. The molecule has 20 heavy (non-hydrogen) atoms. The Morgan fingerprint density at radius 1 is 1.25 bits per heavy atom. The summed E-state index contributed by atoms with van der Waals surface area (Å²) in [4.78, 5) is 11.8. The van der Waals surface area contributed by atoms with Crippen LogP contribution in [0.25, 0.3) is 0 Å². The highest BCUT2D eigenvalue weighted by Crippen LogP contribution is 2.18. The molecule has 1 N–H and O–H groups in total. The van der Waals surface area contributed by atoms with Crippen molar-refractivity contribution in [3.8, 4) is 0 Å². The largest absolute Gasteiger partial charge is 0.348 e. The van der Waals surface area contributed by atoms with Crippen LogP contribution in [0.4, 0.5) is 8.78 Å². The van der Waals surface area contributed by atoms with Crippen LogP contribution in [-0.2, 0) is 6.54 Å². The fourth-order valence-corrected chi connectivity index (χ4v) is 2.21. The predicted octanol–water partition coefficient (Wildman–Crippen LogP) is 4.31. The number of hydrogen-bond acceptors (Lipinski definition) is 1. The van der Waals surface area contributed by atoms with E-state index in [2.05, 4.69) is 21.2 Å². The lowest BCUT2D eigenvalue weighted by atomic mass is 10.1. The van der Waals surface area contributed by atoms with Crippen LogP contribution < -0.4 is 5.32 Å². The zero-order valence-corrected chi connectivity index (χ0v) is 12.4. The Hall–Kier alpha value is -1.46. The summed E-state index contributed by atoms with van der Waals surface area (Å²) >= 11 is 8.81. The zero-order chi connectivity index (χ0) is 14.7. The van der Waals surface area contributed by atoms with Gasteiger partial charge in [-0.3, -0.25) is 4.79 Å². The molecule has 2 aromatic rings. The molecule has 0 aromatic heterocycles. The topological polar surface area (TPSA) is 29.1 Å². The van der Waals surface area contributed by atoms with Gasteiger partial charge in [0.15, 0.2) is 5.82 Å². The second-order valence-corrected chi connectivity index (χ2v) is 5.34. The third-order valence-corrected chi connectivity index (χ3v) is 3.43. The number of hydrogen-bond donors (Lipinski definition) is 1. The average Bonchev–Trinajstić information content (AvgIpc) is 2.42. The smallest absolute Gasteiger partial charge is 0.254 e. The van der Waals surface area contributed by atoms with Gasteiger partial charge in [0.05, 0.1) is 10.6 Å². The number of benzene rings is 2. The van der Waals surface area contributed by atoms with Crippen LogP contribution in [0.5, 0.6) is 0 Å². The minimum atomic E-state index is -0.790. The van der Waals surface area contributed by atoms with Crippen LogP contribution in [0.1, 0.15) is 15.9 Å². The van der Waals surface area contributed by atoms with Gasteiger partial charge in [0.1, 0.15) is 5.82 Å². The highest BCUT2D eigenvalue weighted by Gasteiger charge is 2.14. The van der Waals surface area contributed by atoms with Crippen LogP contribution >= 0.6 is 27.5 Å². The Morgan fingerprint density at radius 2 is 2.00 bits per heavy atom. The maximum Gasteiger partial charge on any atom is 0.254 e. The summed E-state index contributed by atoms with van der Waals surface area (Å²) in [7, 11) is 0. The van der Waals surface area contributed by atoms with Crippen molar-refractivity contribution in [2.45, 2.75) is 6.54 Å². The Kier molecular flexibility index (Phi) is 4.73. The van der Waals surface area contributed by atoms with Crippen molar-refractivity contribution in [3.05, 3.63) is 68.7 Å². The van der Waals surface area contributed by atoms with Gasteiger partial charge >= 0.3 is 0 Å². The Morgan fingerprint density at radius 3 is 2.75 bits per heavy atom. The van der Waals surface area contributed by atoms with Crippen molar-refractivity contribution in [1.29, 1.82) is 0 Å². The van der Waals surface area contributed by atoms with Crippen molar-refractivity contribution >= 4 is 33.4 Å². The quantitative estimate of drug-likeness (QED) is 0.868. The molecular weight excluding hydrogens is 352 g/mol. The van der Waals surface area contributed by atoms with Crippen LogP contribution in [-0.4, -0.2) is 5.91 Å². The van der Waals surface area contributed by atoms with E-state index in [0.717, 1.165) is 0 Å². The zero-order valence-electron chi connectivity index (χ0n) is 10.1. The van der Waals surface area contributed by atoms with Crippen molar-refractivity contribution in [1.82, 2.24) is 5.32 Å². The van der Waals surface area contributed by atoms with E-state index in [1.807, 2.05) is 0 Å². The van der Waals surface area contributed by atoms with Crippen LogP contribution in [0, 0.1) is 11.6 Å². The molecule has 0 atom stereocenters. The lowest BCUT2D eigenvalue weighted by Gasteiger charge is -2.08. The van der Waals surface area contributed by atoms with E-state index >= 15 is 0 Å². The monoisotopic (exact) mass is 359 g/mol. The van der Waals surface area contributed by atoms with Gasteiger partial charge in [0.25, 0.3) is 5.91 Å². The average molecular weight is 361 g/mol. The van der Waals surface area contributed by atoms with Crippen molar-refractivity contribution in [2.24, 2.45) is 0 Å². The molecule has 104 valence electrons. The van der Waals surface area contributed by atoms with E-state index in [1.54, 1.807) is 12.1 Å². The van der Waals surface area contributed by atoms with Gasteiger partial charge in [-0.25, -0.2) is 8.78 Å². The first-order chi connectivity index (χ1) is 9.49. The number of amides is 1. The van der Waals surface area contributed by atoms with Gasteiger partial charge in [0, 0.05) is 16.6 Å². The first kappa shape index (κ1) is 14.9. The van der Waals surface area contributed by atoms with Crippen molar-refractivity contribution in [2.75, 3.05) is 0 Å². The number of carbonyl (C=O) groups is 1. The summed E-state index contributed by atoms with van der Waals surface area (Å²) in [6.07, 6.45) is 0. The molecule has 0 saturated carbocycles. The number of rotatable bonds is 3. The Balaban J connectivity index is 2.13. The maximum absolute atomic E-state index is 13.6. The molecule has 2 aromatic carbocycles. The molecule has 2 rings (SSSR count). The van der Waals surface area contributed by atoms with E-state index < -0.39 is 17.5 Å². The van der Waals surface area contributed by atoms with Crippen LogP contribution in [0.2, 0.25) is 5.02 Å². The number of nitrogens with one attached hydrogen (secondary N) is 1. The van der Waals surface area contributed by atoms with Gasteiger partial charge < -0.3 is 5.32 Å². The van der Waals surface area contributed by atoms with Gasteiger partial charge in [-0.05, 0) is 30.3 Å². The van der Waals surface area contributed by atoms with Crippen molar-refractivity contribution < 1.29 is 13.6 Å². The van der Waals surface area contributed by atoms with E-state index in [1.165, 1.54) is 24.3 Å². The lowest BCUT2D eigenvalue weighted by Crippen LogP contribution is -2.24. The molecule has 2 nitrogen and oxygen atoms in total. The van der Waals surface area contributed by atoms with E-state index in [4.69, 9.17) is 11.6 Å². The number of halogens is 4. The molecule has 0 aliphatic rings. The summed E-state index contributed by atoms with van der Waals surface area (Å²) < 4.78 is 27.8. The van der Waals surface area contributed by atoms with E-state index in [9.17, 15) is 13.6 Å². The molecule has 0 bridgehead atoms. The normalized spacial score (nSPS) is 10.4. The molecular formula is C14H9BrClF2NO. The van der Waals surface area contributed by atoms with Gasteiger partial charge in [0.2, 0.25) is 0 Å². The molecule has 0 unspecified atom stereocenters. The first-order valence-electron chi connectivity index (χ1n) is 5.65. The maximum atomic E-state index is 13.6. The molecule has 0 aliphatic heterocycles. The second-order valence-electron chi connectivity index (χ2n) is 4.02. The van der Waals surface area contributed by atoms with E-state index in [-0.39, 0.29) is 17.1 Å². The third kappa shape index (κ3) is 3.35. The molecule has 0 radical (unpaired) electrons. The number of carbonyl (C=O) groups excluding carboxylic acids is 1. The van der Waals surface area contributed by atoms with Gasteiger partial charge in [-0.1, -0.05) is 33.6 Å². The molecule has 0 aliphatic carbocycles. The summed E-state index contributed by atoms with van der Waals surface area (Å²) in [5.74, 6) is -1.88. The van der Waals surface area contributed by atoms with Crippen LogP contribution in [0.15, 0.2) is 40.9 Å². The molecule has 6 heteroatoms. The summed E-state index contributed by atoms with van der Waals surface area (Å²) in [6, 6.07) is 8.52. The van der Waals surface area contributed by atoms with Gasteiger partial charge in [-0.2, -0.15) is 0 Å². The highest BCUT2D eigenvalue weighted by molar-refractivity contribution is 9.10. The Bertz CT molecular complexity index is 664. The fourth-order valence-electron chi connectivity index (χ4n) is 1.63. The molecule has 0 fully saturated rings. The SMILES string of the molecule is O=C(NCc1cc(Br)ccc1F)c1cccc(Cl)c1F. The standard InChI is InChI=1S/C14H9BrClF2NO/c15-9-4-5-12(17)8(6-9)7-19-14(20)10-2-1-3-11(16)13(10)18/h1-6H,7H2,(H,19,20). The van der Waals surface area contributed by atoms with E-state index in [0.29, 0.717) is 10.0 Å². The minimum Gasteiger partial charge on any atom is -0.348 e. The summed E-state index contributed by atoms with van der Waals surface area (Å²) in [5, 5.41) is 2.32. The molecule has 0 spiro atoms. The summed E-state index contributed by atoms with van der Waals surface area (Å²) in [6.45, 7) is -0.0456. The molecule has 0 saturated heterocycles. The fraction of sp³-hybridized carbons (Fsp3) is 0.0714. The highest BCUT2D eigenvalue weighted by atomic mass is 79.9. The summed E-state index contributed by atoms with van der Waals surface area (Å²) in [5.41, 5.74) is 0.128. The minimum absolute atomic E-state index is 0.0456. The second kappa shape index (κ2) is 6.33. The molecule has 0 heterocycles. The van der Waals surface area contributed by atoms with Gasteiger partial charge in [-0.15, -0.1) is 0 Å². The predicted molar refractivity (Wildman–Crippen MR) is 76.7 cm³/mol. The Labute approximate surface area is 127 Å². The third-order valence-electron chi connectivity index (χ3n) is 2.64. The molecule has 1 amide bonds. The lowest BCUT2D eigenvalue weighted by molar-refractivity contribution is 0.0946.